The number of nitrogens with zero attached hydrogens (tertiary/aromatic N) is 1. The van der Waals surface area contributed by atoms with Crippen molar-refractivity contribution < 1.29 is 0 Å². The first-order valence-electron chi connectivity index (χ1n) is 2.73. The van der Waals surface area contributed by atoms with Gasteiger partial charge in [-0.3, -0.25) is 5.41 Å². The SMILES string of the molecule is CN1CCCSC1=N. The van der Waals surface area contributed by atoms with Crippen molar-refractivity contribution >= 4 is 16.9 Å². The molecule has 1 rings (SSSR count). The predicted octanol–water partition coefficient (Wildman–Crippen LogP) is 0.990. The van der Waals surface area contributed by atoms with Crippen LogP contribution in [0.4, 0.5) is 0 Å². The third-order valence-electron chi connectivity index (χ3n) is 1.22. The lowest BCUT2D eigenvalue weighted by molar-refractivity contribution is 0.502. The Kier molecular flexibility index (Phi) is 1.78. The average molecular weight is 130 g/mol. The van der Waals surface area contributed by atoms with Crippen LogP contribution in [0.15, 0.2) is 0 Å². The molecule has 8 heavy (non-hydrogen) atoms. The van der Waals surface area contributed by atoms with Crippen LogP contribution in [0.25, 0.3) is 0 Å². The van der Waals surface area contributed by atoms with Crippen molar-refractivity contribution in [3.63, 3.8) is 0 Å². The zero-order valence-electron chi connectivity index (χ0n) is 4.98. The summed E-state index contributed by atoms with van der Waals surface area (Å²) in [6, 6.07) is 0. The first-order chi connectivity index (χ1) is 3.80. The van der Waals surface area contributed by atoms with Crippen molar-refractivity contribution in [1.29, 1.82) is 5.41 Å². The number of thioether (sulfide) groups is 1. The molecule has 0 aromatic rings. The lowest BCUT2D eigenvalue weighted by Crippen LogP contribution is -2.28. The molecule has 1 heterocycles. The Balaban J connectivity index is 2.39. The highest BCUT2D eigenvalue weighted by atomic mass is 32.2. The highest BCUT2D eigenvalue weighted by Gasteiger charge is 2.09. The minimum absolute atomic E-state index is 0.719. The molecule has 1 aliphatic heterocycles. The molecule has 0 spiro atoms. The maximum Gasteiger partial charge on any atom is 0.156 e. The van der Waals surface area contributed by atoms with Crippen molar-refractivity contribution in [3.8, 4) is 0 Å². The fourth-order valence-electron chi connectivity index (χ4n) is 0.682. The molecule has 46 valence electrons. The van der Waals surface area contributed by atoms with Gasteiger partial charge in [0.1, 0.15) is 0 Å². The third-order valence-corrected chi connectivity index (χ3v) is 2.30. The normalized spacial score (nSPS) is 21.6. The molecule has 0 saturated carbocycles. The van der Waals surface area contributed by atoms with Crippen LogP contribution in [-0.4, -0.2) is 29.4 Å². The molecule has 0 bridgehead atoms. The van der Waals surface area contributed by atoms with Gasteiger partial charge in [0.05, 0.1) is 0 Å². The molecule has 0 amide bonds. The van der Waals surface area contributed by atoms with Crippen LogP contribution in [0.2, 0.25) is 0 Å². The molecule has 0 aromatic heterocycles. The number of rotatable bonds is 0. The molecule has 1 N–H and O–H groups in total. The lowest BCUT2D eigenvalue weighted by Gasteiger charge is -2.23. The topological polar surface area (TPSA) is 27.1 Å². The Morgan fingerprint density at radius 3 is 2.88 bits per heavy atom. The Morgan fingerprint density at radius 1 is 1.75 bits per heavy atom. The zero-order valence-corrected chi connectivity index (χ0v) is 5.79. The van der Waals surface area contributed by atoms with E-state index in [1.54, 1.807) is 11.8 Å². The number of hydrogen-bond acceptors (Lipinski definition) is 2. The molecular formula is C5H10N2S. The van der Waals surface area contributed by atoms with Gasteiger partial charge in [-0.25, -0.2) is 0 Å². The van der Waals surface area contributed by atoms with Crippen molar-refractivity contribution in [2.75, 3.05) is 19.3 Å². The largest absolute Gasteiger partial charge is 0.355 e. The van der Waals surface area contributed by atoms with E-state index in [2.05, 4.69) is 0 Å². The van der Waals surface area contributed by atoms with Crippen LogP contribution in [-0.2, 0) is 0 Å². The van der Waals surface area contributed by atoms with Gasteiger partial charge in [-0.15, -0.1) is 0 Å². The Bertz CT molecular complexity index is 103. The molecule has 2 nitrogen and oxygen atoms in total. The summed E-state index contributed by atoms with van der Waals surface area (Å²) < 4.78 is 0. The van der Waals surface area contributed by atoms with Crippen molar-refractivity contribution in [1.82, 2.24) is 4.90 Å². The minimum Gasteiger partial charge on any atom is -0.355 e. The van der Waals surface area contributed by atoms with E-state index in [1.807, 2.05) is 11.9 Å². The van der Waals surface area contributed by atoms with E-state index in [0.29, 0.717) is 0 Å². The van der Waals surface area contributed by atoms with Gasteiger partial charge in [0.15, 0.2) is 5.17 Å². The second-order valence-electron chi connectivity index (χ2n) is 1.93. The van der Waals surface area contributed by atoms with E-state index >= 15 is 0 Å². The summed E-state index contributed by atoms with van der Waals surface area (Å²) in [6.45, 7) is 1.06. The van der Waals surface area contributed by atoms with Crippen molar-refractivity contribution in [3.05, 3.63) is 0 Å². The summed E-state index contributed by atoms with van der Waals surface area (Å²) in [7, 11) is 1.97. The third kappa shape index (κ3) is 1.15. The number of amidine groups is 1. The maximum atomic E-state index is 7.28. The Labute approximate surface area is 53.8 Å². The van der Waals surface area contributed by atoms with Gasteiger partial charge >= 0.3 is 0 Å². The zero-order chi connectivity index (χ0) is 5.98. The second kappa shape index (κ2) is 2.40. The Morgan fingerprint density at radius 2 is 2.50 bits per heavy atom. The van der Waals surface area contributed by atoms with Gasteiger partial charge in [0.25, 0.3) is 0 Å². The van der Waals surface area contributed by atoms with E-state index in [9.17, 15) is 0 Å². The fraction of sp³-hybridized carbons (Fsp3) is 0.800. The molecule has 3 heteroatoms. The monoisotopic (exact) mass is 130 g/mol. The standard InChI is InChI=1S/C5H10N2S/c1-7-3-2-4-8-5(7)6/h6H,2-4H2,1H3. The summed E-state index contributed by atoms with van der Waals surface area (Å²) in [6.07, 6.45) is 1.23. The summed E-state index contributed by atoms with van der Waals surface area (Å²) in [5.74, 6) is 1.13. The van der Waals surface area contributed by atoms with Gasteiger partial charge in [-0.1, -0.05) is 11.8 Å². The first-order valence-corrected chi connectivity index (χ1v) is 3.72. The highest BCUT2D eigenvalue weighted by Crippen LogP contribution is 2.13. The summed E-state index contributed by atoms with van der Waals surface area (Å²) >= 11 is 1.64. The molecule has 0 atom stereocenters. The molecule has 0 aliphatic carbocycles. The number of nitrogens with one attached hydrogen (secondary N) is 1. The van der Waals surface area contributed by atoms with Gasteiger partial charge in [0.2, 0.25) is 0 Å². The maximum absolute atomic E-state index is 7.28. The van der Waals surface area contributed by atoms with Crippen LogP contribution >= 0.6 is 11.8 Å². The smallest absolute Gasteiger partial charge is 0.156 e. The summed E-state index contributed by atoms with van der Waals surface area (Å²) in [4.78, 5) is 1.98. The van der Waals surface area contributed by atoms with Crippen LogP contribution in [0.3, 0.4) is 0 Å². The number of hydrogen-bond donors (Lipinski definition) is 1. The Hall–Kier alpha value is -0.180. The quantitative estimate of drug-likeness (QED) is 0.529. The van der Waals surface area contributed by atoms with Gasteiger partial charge in [-0.2, -0.15) is 0 Å². The van der Waals surface area contributed by atoms with E-state index in [4.69, 9.17) is 5.41 Å². The molecular weight excluding hydrogens is 120 g/mol. The average Bonchev–Trinajstić information content (AvgIpc) is 1.77. The summed E-state index contributed by atoms with van der Waals surface area (Å²) in [5.41, 5.74) is 0. The van der Waals surface area contributed by atoms with E-state index in [0.717, 1.165) is 17.5 Å². The first kappa shape index (κ1) is 5.95. The van der Waals surface area contributed by atoms with Crippen molar-refractivity contribution in [2.24, 2.45) is 0 Å². The fourth-order valence-corrected chi connectivity index (χ4v) is 1.46. The van der Waals surface area contributed by atoms with Crippen LogP contribution in [0.5, 0.6) is 0 Å². The molecule has 1 aliphatic rings. The van der Waals surface area contributed by atoms with Crippen LogP contribution < -0.4 is 0 Å². The lowest BCUT2D eigenvalue weighted by atomic mass is 10.4. The molecule has 1 fully saturated rings. The molecule has 0 radical (unpaired) electrons. The molecule has 1 saturated heterocycles. The second-order valence-corrected chi connectivity index (χ2v) is 3.01. The summed E-state index contributed by atoms with van der Waals surface area (Å²) in [5, 5.41) is 8.00. The van der Waals surface area contributed by atoms with E-state index < -0.39 is 0 Å². The van der Waals surface area contributed by atoms with Gasteiger partial charge < -0.3 is 4.90 Å². The van der Waals surface area contributed by atoms with Crippen LogP contribution in [0, 0.1) is 5.41 Å². The van der Waals surface area contributed by atoms with Crippen LogP contribution in [0.1, 0.15) is 6.42 Å². The minimum atomic E-state index is 0.719. The highest BCUT2D eigenvalue weighted by molar-refractivity contribution is 8.13. The van der Waals surface area contributed by atoms with Crippen molar-refractivity contribution in [2.45, 2.75) is 6.42 Å². The predicted molar refractivity (Wildman–Crippen MR) is 37.4 cm³/mol. The van der Waals surface area contributed by atoms with Gasteiger partial charge in [0, 0.05) is 19.3 Å². The molecule has 0 aromatic carbocycles. The van der Waals surface area contributed by atoms with Gasteiger partial charge in [-0.05, 0) is 6.42 Å². The van der Waals surface area contributed by atoms with E-state index in [1.165, 1.54) is 6.42 Å². The van der Waals surface area contributed by atoms with E-state index in [-0.39, 0.29) is 0 Å². The molecule has 0 unspecified atom stereocenters.